The fourth-order valence-corrected chi connectivity index (χ4v) is 1.07. The highest BCUT2D eigenvalue weighted by Crippen LogP contribution is 2.07. The number of nitrogens with two attached hydrogens (primary N) is 1. The van der Waals surface area contributed by atoms with Gasteiger partial charge in [0.05, 0.1) is 12.3 Å². The monoisotopic (exact) mass is 190 g/mol. The van der Waals surface area contributed by atoms with Gasteiger partial charge >= 0.3 is 0 Å². The Bertz CT molecular complexity index is 342. The van der Waals surface area contributed by atoms with Crippen molar-refractivity contribution in [1.29, 1.82) is 0 Å². The molecule has 3 nitrogen and oxygen atoms in total. The van der Waals surface area contributed by atoms with Gasteiger partial charge in [-0.1, -0.05) is 30.3 Å². The van der Waals surface area contributed by atoms with E-state index in [1.165, 1.54) is 0 Å². The smallest absolute Gasteiger partial charge is 0.0849 e. The number of aliphatic hydroxyl groups excluding tert-OH is 1. The van der Waals surface area contributed by atoms with Crippen molar-refractivity contribution < 1.29 is 5.11 Å². The van der Waals surface area contributed by atoms with Gasteiger partial charge in [-0.05, 0) is 11.6 Å². The molecule has 0 radical (unpaired) electrons. The third-order valence-electron chi connectivity index (χ3n) is 1.88. The lowest BCUT2D eigenvalue weighted by Gasteiger charge is -2.01. The third-order valence-corrected chi connectivity index (χ3v) is 1.88. The fraction of sp³-hybridized carbons (Fsp3) is 0.182. The molecule has 0 bridgehead atoms. The Labute approximate surface area is 83.6 Å². The minimum absolute atomic E-state index is 0.0932. The van der Waals surface area contributed by atoms with E-state index >= 15 is 0 Å². The first-order valence-corrected chi connectivity index (χ1v) is 4.37. The zero-order chi connectivity index (χ0) is 10.4. The molecule has 0 amide bonds. The highest BCUT2D eigenvalue weighted by atomic mass is 16.3. The molecule has 3 N–H and O–H groups in total. The average molecular weight is 190 g/mol. The van der Waals surface area contributed by atoms with E-state index in [4.69, 9.17) is 10.8 Å². The molecule has 0 heterocycles. The van der Waals surface area contributed by atoms with Crippen LogP contribution in [0.25, 0.3) is 5.70 Å². The number of aliphatic hydroxyl groups is 1. The number of hydrogen-bond acceptors (Lipinski definition) is 3. The zero-order valence-electron chi connectivity index (χ0n) is 8.14. The summed E-state index contributed by atoms with van der Waals surface area (Å²) in [6, 6.07) is 9.58. The zero-order valence-corrected chi connectivity index (χ0v) is 8.14. The van der Waals surface area contributed by atoms with Gasteiger partial charge in [0.15, 0.2) is 0 Å². The maximum Gasteiger partial charge on any atom is 0.0849 e. The highest BCUT2D eigenvalue weighted by molar-refractivity contribution is 6.01. The first-order valence-electron chi connectivity index (χ1n) is 4.37. The van der Waals surface area contributed by atoms with Crippen LogP contribution in [-0.4, -0.2) is 24.5 Å². The summed E-state index contributed by atoms with van der Waals surface area (Å²) in [4.78, 5) is 3.88. The van der Waals surface area contributed by atoms with Crippen LogP contribution in [-0.2, 0) is 0 Å². The van der Waals surface area contributed by atoms with E-state index in [1.807, 2.05) is 30.3 Å². The van der Waals surface area contributed by atoms with Crippen LogP contribution in [0.4, 0.5) is 0 Å². The van der Waals surface area contributed by atoms with Crippen molar-refractivity contribution in [2.24, 2.45) is 10.7 Å². The molecule has 0 spiro atoms. The van der Waals surface area contributed by atoms with Crippen LogP contribution in [0.2, 0.25) is 0 Å². The Morgan fingerprint density at radius 3 is 2.57 bits per heavy atom. The molecule has 0 saturated heterocycles. The predicted octanol–water partition coefficient (Wildman–Crippen LogP) is 1.05. The Kier molecular flexibility index (Phi) is 3.88. The van der Waals surface area contributed by atoms with Crippen LogP contribution >= 0.6 is 0 Å². The van der Waals surface area contributed by atoms with Crippen LogP contribution in [0, 0.1) is 0 Å². The second kappa shape index (κ2) is 5.19. The lowest BCUT2D eigenvalue weighted by Crippen LogP contribution is -2.05. The van der Waals surface area contributed by atoms with Crippen molar-refractivity contribution in [3.8, 4) is 0 Å². The van der Waals surface area contributed by atoms with Crippen LogP contribution in [0.1, 0.15) is 5.56 Å². The summed E-state index contributed by atoms with van der Waals surface area (Å²) in [6.45, 7) is -0.0932. The minimum Gasteiger partial charge on any atom is -0.398 e. The maximum atomic E-state index is 8.89. The standard InChI is InChI=1S/C11H14N2O/c1-13-10(8-14)7-11(12)9-5-3-2-4-6-9/h2-7,14H,8,12H2,1H3/b11-7-,13-10+. The topological polar surface area (TPSA) is 58.6 Å². The Hall–Kier alpha value is -1.61. The van der Waals surface area contributed by atoms with Crippen LogP contribution < -0.4 is 5.73 Å². The Morgan fingerprint density at radius 2 is 2.07 bits per heavy atom. The number of aliphatic imine (C=N–C) groups is 1. The molecule has 0 aromatic heterocycles. The van der Waals surface area contributed by atoms with Crippen molar-refractivity contribution in [2.45, 2.75) is 0 Å². The second-order valence-corrected chi connectivity index (χ2v) is 2.84. The molecule has 74 valence electrons. The average Bonchev–Trinajstić information content (AvgIpc) is 2.26. The Balaban J connectivity index is 2.90. The van der Waals surface area contributed by atoms with Gasteiger partial charge in [-0.25, -0.2) is 0 Å². The molecule has 0 saturated carbocycles. The van der Waals surface area contributed by atoms with Crippen molar-refractivity contribution in [3.05, 3.63) is 42.0 Å². The fourth-order valence-electron chi connectivity index (χ4n) is 1.07. The normalized spacial score (nSPS) is 13.0. The quantitative estimate of drug-likeness (QED) is 0.700. The molecule has 1 aromatic carbocycles. The van der Waals surface area contributed by atoms with E-state index in [0.29, 0.717) is 11.4 Å². The molecular formula is C11H14N2O. The molecule has 0 aliphatic rings. The summed E-state index contributed by atoms with van der Waals surface area (Å²) in [6.07, 6.45) is 1.68. The van der Waals surface area contributed by atoms with E-state index in [9.17, 15) is 0 Å². The number of rotatable bonds is 3. The van der Waals surface area contributed by atoms with Crippen molar-refractivity contribution in [1.82, 2.24) is 0 Å². The van der Waals surface area contributed by atoms with Gasteiger partial charge in [-0.2, -0.15) is 0 Å². The molecule has 3 heteroatoms. The van der Waals surface area contributed by atoms with Crippen LogP contribution in [0.5, 0.6) is 0 Å². The lowest BCUT2D eigenvalue weighted by molar-refractivity contribution is 0.358. The molecule has 14 heavy (non-hydrogen) atoms. The van der Waals surface area contributed by atoms with E-state index in [-0.39, 0.29) is 6.61 Å². The summed E-state index contributed by atoms with van der Waals surface area (Å²) >= 11 is 0. The molecule has 0 unspecified atom stereocenters. The minimum atomic E-state index is -0.0932. The van der Waals surface area contributed by atoms with Gasteiger partial charge < -0.3 is 10.8 Å². The SMILES string of the molecule is C/N=C(\C=C(/N)c1ccccc1)CO. The van der Waals surface area contributed by atoms with Gasteiger partial charge in [-0.3, -0.25) is 4.99 Å². The van der Waals surface area contributed by atoms with E-state index in [1.54, 1.807) is 13.1 Å². The van der Waals surface area contributed by atoms with Crippen LogP contribution in [0.15, 0.2) is 41.4 Å². The van der Waals surface area contributed by atoms with Gasteiger partial charge in [0.2, 0.25) is 0 Å². The predicted molar refractivity (Wildman–Crippen MR) is 59.1 cm³/mol. The van der Waals surface area contributed by atoms with Gasteiger partial charge in [0, 0.05) is 12.7 Å². The molecule has 0 atom stereocenters. The lowest BCUT2D eigenvalue weighted by atomic mass is 10.1. The maximum absolute atomic E-state index is 8.89. The number of nitrogens with zero attached hydrogens (tertiary/aromatic N) is 1. The molecule has 1 aromatic rings. The van der Waals surface area contributed by atoms with Gasteiger partial charge in [0.25, 0.3) is 0 Å². The molecular weight excluding hydrogens is 176 g/mol. The second-order valence-electron chi connectivity index (χ2n) is 2.84. The summed E-state index contributed by atoms with van der Waals surface area (Å²) in [7, 11) is 1.63. The first kappa shape index (κ1) is 10.5. The van der Waals surface area contributed by atoms with Gasteiger partial charge in [-0.15, -0.1) is 0 Å². The molecule has 1 rings (SSSR count). The third kappa shape index (κ3) is 2.71. The largest absolute Gasteiger partial charge is 0.398 e. The number of hydrogen-bond donors (Lipinski definition) is 2. The van der Waals surface area contributed by atoms with Crippen molar-refractivity contribution in [3.63, 3.8) is 0 Å². The molecule has 0 aliphatic carbocycles. The number of benzene rings is 1. The summed E-state index contributed by atoms with van der Waals surface area (Å²) in [5.74, 6) is 0. The summed E-state index contributed by atoms with van der Waals surface area (Å²) < 4.78 is 0. The van der Waals surface area contributed by atoms with E-state index < -0.39 is 0 Å². The van der Waals surface area contributed by atoms with E-state index in [2.05, 4.69) is 4.99 Å². The van der Waals surface area contributed by atoms with Crippen molar-refractivity contribution in [2.75, 3.05) is 13.7 Å². The first-order chi connectivity index (χ1) is 6.77. The van der Waals surface area contributed by atoms with E-state index in [0.717, 1.165) is 5.56 Å². The van der Waals surface area contributed by atoms with Gasteiger partial charge in [0.1, 0.15) is 0 Å². The summed E-state index contributed by atoms with van der Waals surface area (Å²) in [5, 5.41) is 8.89. The van der Waals surface area contributed by atoms with Crippen molar-refractivity contribution >= 4 is 11.4 Å². The highest BCUT2D eigenvalue weighted by Gasteiger charge is 1.97. The summed E-state index contributed by atoms with van der Waals surface area (Å²) in [5.41, 5.74) is 7.94. The molecule has 0 fully saturated rings. The van der Waals surface area contributed by atoms with Crippen LogP contribution in [0.3, 0.4) is 0 Å². The molecule has 0 aliphatic heterocycles. The Morgan fingerprint density at radius 1 is 1.43 bits per heavy atom.